The van der Waals surface area contributed by atoms with Crippen LogP contribution in [0.2, 0.25) is 0 Å². The Morgan fingerprint density at radius 3 is 2.50 bits per heavy atom. The summed E-state index contributed by atoms with van der Waals surface area (Å²) in [4.78, 5) is 25.1. The van der Waals surface area contributed by atoms with Gasteiger partial charge in [0.2, 0.25) is 0 Å². The lowest BCUT2D eigenvalue weighted by molar-refractivity contribution is -0.145. The minimum atomic E-state index is -0.942. The molecule has 1 saturated heterocycles. The van der Waals surface area contributed by atoms with E-state index in [0.717, 1.165) is 18.4 Å². The van der Waals surface area contributed by atoms with Crippen LogP contribution in [0.1, 0.15) is 64.9 Å². The summed E-state index contributed by atoms with van der Waals surface area (Å²) in [5.74, 6) is -0.435. The molecule has 166 valence electrons. The van der Waals surface area contributed by atoms with Crippen molar-refractivity contribution in [3.05, 3.63) is 35.9 Å². The van der Waals surface area contributed by atoms with Gasteiger partial charge in [0.05, 0.1) is 12.0 Å². The summed E-state index contributed by atoms with van der Waals surface area (Å²) in [5.41, 5.74) is 0.341. The van der Waals surface area contributed by atoms with Crippen LogP contribution in [-0.4, -0.2) is 41.0 Å². The lowest BCUT2D eigenvalue weighted by atomic mass is 9.80. The number of carbonyl (C=O) groups excluding carboxylic acids is 2. The number of carbonyl (C=O) groups is 2. The molecule has 1 heterocycles. The maximum Gasteiger partial charge on any atom is 0.408 e. The highest BCUT2D eigenvalue weighted by atomic mass is 16.6. The number of alkyl carbamates (subject to hydrolysis) is 1. The number of hydrogen-bond acceptors (Lipinski definition) is 5. The highest BCUT2D eigenvalue weighted by Gasteiger charge is 2.48. The van der Waals surface area contributed by atoms with Gasteiger partial charge in [0.15, 0.2) is 0 Å². The molecule has 6 nitrogen and oxygen atoms in total. The molecule has 0 radical (unpaired) electrons. The molecule has 1 saturated carbocycles. The highest BCUT2D eigenvalue weighted by molar-refractivity contribution is 5.76. The molecule has 0 spiro atoms. The van der Waals surface area contributed by atoms with E-state index in [-0.39, 0.29) is 5.97 Å². The summed E-state index contributed by atoms with van der Waals surface area (Å²) in [6, 6.07) is 9.09. The maximum absolute atomic E-state index is 12.6. The van der Waals surface area contributed by atoms with Gasteiger partial charge in [0, 0.05) is 0 Å². The second kappa shape index (κ2) is 9.82. The molecule has 4 atom stereocenters. The molecule has 0 aromatic heterocycles. The van der Waals surface area contributed by atoms with Crippen LogP contribution in [0.5, 0.6) is 0 Å². The van der Waals surface area contributed by atoms with E-state index in [1.165, 1.54) is 19.3 Å². The zero-order valence-corrected chi connectivity index (χ0v) is 18.3. The fourth-order valence-electron chi connectivity index (χ4n) is 4.57. The normalized spacial score (nSPS) is 26.1. The van der Waals surface area contributed by atoms with Gasteiger partial charge < -0.3 is 19.9 Å². The van der Waals surface area contributed by atoms with Crippen LogP contribution in [0.15, 0.2) is 30.3 Å². The number of ether oxygens (including phenoxy) is 2. The SMILES string of the molecule is CC(C)(C)OC(=O)N[C@@H](Cc1ccccc1)[C@@H]1OC(=O)[C@@H](CC2CCCCC2)[C@@H]1O. The van der Waals surface area contributed by atoms with Gasteiger partial charge in [-0.25, -0.2) is 4.79 Å². The third-order valence-corrected chi connectivity index (χ3v) is 6.01. The lowest BCUT2D eigenvalue weighted by Crippen LogP contribution is -2.50. The zero-order chi connectivity index (χ0) is 21.7. The van der Waals surface area contributed by atoms with Gasteiger partial charge in [-0.3, -0.25) is 4.79 Å². The van der Waals surface area contributed by atoms with Gasteiger partial charge in [-0.1, -0.05) is 62.4 Å². The predicted molar refractivity (Wildman–Crippen MR) is 114 cm³/mol. The number of aliphatic hydroxyl groups is 1. The molecule has 1 amide bonds. The van der Waals surface area contributed by atoms with Crippen molar-refractivity contribution in [2.45, 2.75) is 89.6 Å². The molecule has 30 heavy (non-hydrogen) atoms. The summed E-state index contributed by atoms with van der Waals surface area (Å²) in [5, 5.41) is 13.8. The van der Waals surface area contributed by atoms with Gasteiger partial charge in [-0.05, 0) is 45.1 Å². The van der Waals surface area contributed by atoms with Gasteiger partial charge in [0.25, 0.3) is 0 Å². The summed E-state index contributed by atoms with van der Waals surface area (Å²) in [7, 11) is 0. The smallest absolute Gasteiger partial charge is 0.408 e. The lowest BCUT2D eigenvalue weighted by Gasteiger charge is -2.29. The second-order valence-corrected chi connectivity index (χ2v) is 9.68. The number of amides is 1. The quantitative estimate of drug-likeness (QED) is 0.684. The first kappa shape index (κ1) is 22.6. The number of nitrogens with one attached hydrogen (secondary N) is 1. The Kier molecular flexibility index (Phi) is 7.40. The maximum atomic E-state index is 12.6. The first-order valence-corrected chi connectivity index (χ1v) is 11.1. The minimum absolute atomic E-state index is 0.359. The summed E-state index contributed by atoms with van der Waals surface area (Å²) >= 11 is 0. The average molecular weight is 418 g/mol. The first-order chi connectivity index (χ1) is 14.2. The van der Waals surface area contributed by atoms with Crippen molar-refractivity contribution in [1.82, 2.24) is 5.32 Å². The molecule has 1 aliphatic heterocycles. The number of esters is 1. The molecule has 6 heteroatoms. The van der Waals surface area contributed by atoms with E-state index in [1.54, 1.807) is 20.8 Å². The third kappa shape index (κ3) is 6.21. The van der Waals surface area contributed by atoms with Gasteiger partial charge in [0.1, 0.15) is 17.8 Å². The van der Waals surface area contributed by atoms with E-state index < -0.39 is 35.9 Å². The van der Waals surface area contributed by atoms with Crippen LogP contribution in [0, 0.1) is 11.8 Å². The summed E-state index contributed by atoms with van der Waals surface area (Å²) in [6.45, 7) is 5.39. The highest BCUT2D eigenvalue weighted by Crippen LogP contribution is 2.35. The molecular weight excluding hydrogens is 382 g/mol. The number of cyclic esters (lactones) is 1. The van der Waals surface area contributed by atoms with Crippen molar-refractivity contribution in [3.63, 3.8) is 0 Å². The monoisotopic (exact) mass is 417 g/mol. The summed E-state index contributed by atoms with van der Waals surface area (Å²) in [6.07, 6.45) is 4.59. The van der Waals surface area contributed by atoms with Crippen LogP contribution < -0.4 is 5.32 Å². The largest absolute Gasteiger partial charge is 0.457 e. The fourth-order valence-corrected chi connectivity index (χ4v) is 4.57. The van der Waals surface area contributed by atoms with Crippen LogP contribution in [0.25, 0.3) is 0 Å². The number of aliphatic hydroxyl groups excluding tert-OH is 1. The second-order valence-electron chi connectivity index (χ2n) is 9.68. The molecular formula is C24H35NO5. The number of rotatable bonds is 6. The number of benzene rings is 1. The summed E-state index contributed by atoms with van der Waals surface area (Å²) < 4.78 is 11.0. The van der Waals surface area contributed by atoms with Gasteiger partial charge >= 0.3 is 12.1 Å². The van der Waals surface area contributed by atoms with E-state index in [9.17, 15) is 14.7 Å². The first-order valence-electron chi connectivity index (χ1n) is 11.1. The average Bonchev–Trinajstić information content (AvgIpc) is 2.96. The molecule has 2 aliphatic rings. The van der Waals surface area contributed by atoms with E-state index >= 15 is 0 Å². The molecule has 2 N–H and O–H groups in total. The Bertz CT molecular complexity index is 708. The standard InChI is InChI=1S/C24H35NO5/c1-24(2,3)30-23(28)25-19(15-17-12-8-5-9-13-17)21-20(26)18(22(27)29-21)14-16-10-6-4-7-11-16/h5,8-9,12-13,16,18-21,26H,4,6-7,10-11,14-15H2,1-3H3,(H,25,28)/t18-,19-,20-,21-/m0/s1. The number of hydrogen-bond donors (Lipinski definition) is 2. The fraction of sp³-hybridized carbons (Fsp3) is 0.667. The molecule has 1 aliphatic carbocycles. The predicted octanol–water partition coefficient (Wildman–Crippen LogP) is 4.00. The van der Waals surface area contributed by atoms with Crippen molar-refractivity contribution < 1.29 is 24.2 Å². The van der Waals surface area contributed by atoms with Crippen molar-refractivity contribution >= 4 is 12.1 Å². The van der Waals surface area contributed by atoms with Crippen molar-refractivity contribution in [1.29, 1.82) is 0 Å². The molecule has 0 bridgehead atoms. The topological polar surface area (TPSA) is 84.9 Å². The van der Waals surface area contributed by atoms with Gasteiger partial charge in [-0.2, -0.15) is 0 Å². The minimum Gasteiger partial charge on any atom is -0.457 e. The van der Waals surface area contributed by atoms with Crippen molar-refractivity contribution in [3.8, 4) is 0 Å². The van der Waals surface area contributed by atoms with Crippen LogP contribution in [-0.2, 0) is 20.7 Å². The Hall–Kier alpha value is -2.08. The van der Waals surface area contributed by atoms with Crippen molar-refractivity contribution in [2.24, 2.45) is 11.8 Å². The zero-order valence-electron chi connectivity index (χ0n) is 18.3. The molecule has 3 rings (SSSR count). The Morgan fingerprint density at radius 2 is 1.87 bits per heavy atom. The molecule has 2 fully saturated rings. The Morgan fingerprint density at radius 1 is 1.20 bits per heavy atom. The van der Waals surface area contributed by atoms with E-state index in [2.05, 4.69) is 5.32 Å². The van der Waals surface area contributed by atoms with Crippen LogP contribution in [0.4, 0.5) is 4.79 Å². The molecule has 1 aromatic rings. The Labute approximate surface area is 179 Å². The van der Waals surface area contributed by atoms with E-state index in [0.29, 0.717) is 18.8 Å². The third-order valence-electron chi connectivity index (χ3n) is 6.01. The van der Waals surface area contributed by atoms with Crippen LogP contribution in [0.3, 0.4) is 0 Å². The van der Waals surface area contributed by atoms with E-state index in [4.69, 9.17) is 9.47 Å². The van der Waals surface area contributed by atoms with Crippen LogP contribution >= 0.6 is 0 Å². The van der Waals surface area contributed by atoms with Gasteiger partial charge in [-0.15, -0.1) is 0 Å². The Balaban J connectivity index is 1.72. The van der Waals surface area contributed by atoms with E-state index in [1.807, 2.05) is 30.3 Å². The molecule has 1 aromatic carbocycles. The molecule has 0 unspecified atom stereocenters. The van der Waals surface area contributed by atoms with Crippen molar-refractivity contribution in [2.75, 3.05) is 0 Å².